The Kier molecular flexibility index (Phi) is 6.59. The molecule has 162 valence electrons. The zero-order valence-electron chi connectivity index (χ0n) is 17.2. The van der Waals surface area contributed by atoms with Crippen molar-refractivity contribution in [2.45, 2.75) is 37.4 Å². The van der Waals surface area contributed by atoms with Crippen molar-refractivity contribution in [3.8, 4) is 0 Å². The minimum absolute atomic E-state index is 0.177. The fourth-order valence-electron chi connectivity index (χ4n) is 3.55. The summed E-state index contributed by atoms with van der Waals surface area (Å²) in [5, 5.41) is 15.6. The predicted molar refractivity (Wildman–Crippen MR) is 128 cm³/mol. The lowest BCUT2D eigenvalue weighted by atomic mass is 9.88. The number of nitrogens with two attached hydrogens (primary N) is 1. The maximum Gasteiger partial charge on any atom is 0.251 e. The Bertz CT molecular complexity index is 1120. The number of aromatic nitrogens is 2. The van der Waals surface area contributed by atoms with Crippen LogP contribution in [-0.4, -0.2) is 27.8 Å². The van der Waals surface area contributed by atoms with Crippen LogP contribution in [0.4, 0.5) is 15.8 Å². The highest BCUT2D eigenvalue weighted by atomic mass is 32.2. The molecule has 31 heavy (non-hydrogen) atoms. The van der Waals surface area contributed by atoms with E-state index in [-0.39, 0.29) is 11.7 Å². The molecule has 1 aromatic carbocycles. The zero-order chi connectivity index (χ0) is 22.0. The Morgan fingerprint density at radius 3 is 2.90 bits per heavy atom. The number of fused-ring (bicyclic) bond motifs is 1. The van der Waals surface area contributed by atoms with Gasteiger partial charge in [-0.3, -0.25) is 9.59 Å². The van der Waals surface area contributed by atoms with Crippen molar-refractivity contribution in [1.82, 2.24) is 10.2 Å². The molecule has 0 radical (unpaired) electrons. The van der Waals surface area contributed by atoms with Crippen molar-refractivity contribution >= 4 is 62.1 Å². The maximum absolute atomic E-state index is 12.5. The van der Waals surface area contributed by atoms with E-state index in [1.54, 1.807) is 0 Å². The molecule has 0 saturated carbocycles. The van der Waals surface area contributed by atoms with Crippen LogP contribution >= 0.6 is 34.4 Å². The van der Waals surface area contributed by atoms with Gasteiger partial charge in [0.15, 0.2) is 4.34 Å². The lowest BCUT2D eigenvalue weighted by Crippen LogP contribution is -2.20. The van der Waals surface area contributed by atoms with Crippen LogP contribution in [0.25, 0.3) is 0 Å². The number of rotatable bonds is 7. The number of anilines is 3. The Hall–Kier alpha value is -2.43. The molecule has 10 heteroatoms. The molecule has 0 unspecified atom stereocenters. The van der Waals surface area contributed by atoms with E-state index in [1.165, 1.54) is 34.4 Å². The zero-order valence-corrected chi connectivity index (χ0v) is 19.7. The first-order chi connectivity index (χ1) is 14.9. The second kappa shape index (κ2) is 9.37. The highest BCUT2D eigenvalue weighted by molar-refractivity contribution is 8.01. The minimum atomic E-state index is -0.481. The van der Waals surface area contributed by atoms with Gasteiger partial charge in [-0.1, -0.05) is 42.2 Å². The number of amides is 2. The van der Waals surface area contributed by atoms with Crippen molar-refractivity contribution in [2.75, 3.05) is 16.4 Å². The second-order valence-corrected chi connectivity index (χ2v) is 10.9. The van der Waals surface area contributed by atoms with Gasteiger partial charge in [-0.25, -0.2) is 0 Å². The molecule has 0 spiro atoms. The van der Waals surface area contributed by atoms with Gasteiger partial charge in [-0.15, -0.1) is 21.5 Å². The third-order valence-electron chi connectivity index (χ3n) is 5.01. The number of primary amides is 1. The molecule has 7 nitrogen and oxygen atoms in total. The summed E-state index contributed by atoms with van der Waals surface area (Å²) in [6.45, 7) is 4.23. The van der Waals surface area contributed by atoms with E-state index in [0.717, 1.165) is 41.0 Å². The van der Waals surface area contributed by atoms with Crippen LogP contribution in [0.2, 0.25) is 0 Å². The lowest BCUT2D eigenvalue weighted by molar-refractivity contribution is -0.113. The monoisotopic (exact) mass is 473 g/mol. The Balaban J connectivity index is 1.37. The summed E-state index contributed by atoms with van der Waals surface area (Å²) in [5.41, 5.74) is 9.21. The van der Waals surface area contributed by atoms with Crippen molar-refractivity contribution in [3.05, 3.63) is 45.8 Å². The fourth-order valence-corrected chi connectivity index (χ4v) is 6.56. The topological polar surface area (TPSA) is 110 Å². The number of hydrogen-bond donors (Lipinski definition) is 3. The van der Waals surface area contributed by atoms with Gasteiger partial charge < -0.3 is 16.4 Å². The van der Waals surface area contributed by atoms with Crippen LogP contribution in [-0.2, 0) is 17.6 Å². The molecule has 2 amide bonds. The summed E-state index contributed by atoms with van der Waals surface area (Å²) in [4.78, 5) is 25.7. The SMILES string of the molecule is Cc1cccc(Nc2nnc(SCC(=O)Nc3sc4c(c3C(N)=O)CC[C@@H](C)C4)s2)c1. The molecule has 2 heterocycles. The third-order valence-corrected chi connectivity index (χ3v) is 8.16. The van der Waals surface area contributed by atoms with Gasteiger partial charge in [-0.05, 0) is 55.4 Å². The van der Waals surface area contributed by atoms with Crippen LogP contribution in [0.3, 0.4) is 0 Å². The summed E-state index contributed by atoms with van der Waals surface area (Å²) in [5.74, 6) is 0.0792. The molecule has 2 aromatic heterocycles. The number of nitrogens with zero attached hydrogens (tertiary/aromatic N) is 2. The van der Waals surface area contributed by atoms with Gasteiger partial charge in [-0.2, -0.15) is 0 Å². The second-order valence-electron chi connectivity index (χ2n) is 7.62. The van der Waals surface area contributed by atoms with E-state index in [4.69, 9.17) is 5.73 Å². The number of thiophene rings is 1. The number of benzene rings is 1. The van der Waals surface area contributed by atoms with E-state index >= 15 is 0 Å². The summed E-state index contributed by atoms with van der Waals surface area (Å²) in [6.07, 6.45) is 2.78. The van der Waals surface area contributed by atoms with E-state index in [2.05, 4.69) is 27.8 Å². The fraction of sp³-hybridized carbons (Fsp3) is 0.333. The highest BCUT2D eigenvalue weighted by Crippen LogP contribution is 2.39. The Morgan fingerprint density at radius 2 is 2.13 bits per heavy atom. The quantitative estimate of drug-likeness (QED) is 0.432. The van der Waals surface area contributed by atoms with Gasteiger partial charge in [0.25, 0.3) is 5.91 Å². The minimum Gasteiger partial charge on any atom is -0.365 e. The van der Waals surface area contributed by atoms with Gasteiger partial charge >= 0.3 is 0 Å². The third kappa shape index (κ3) is 5.25. The molecule has 0 aliphatic heterocycles. The van der Waals surface area contributed by atoms with E-state index in [9.17, 15) is 9.59 Å². The normalized spacial score (nSPS) is 15.4. The predicted octanol–water partition coefficient (Wildman–Crippen LogP) is 4.61. The van der Waals surface area contributed by atoms with E-state index in [1.807, 2.05) is 31.2 Å². The number of thioether (sulfide) groups is 1. The molecule has 0 bridgehead atoms. The van der Waals surface area contributed by atoms with Gasteiger partial charge in [0.1, 0.15) is 5.00 Å². The standard InChI is InChI=1S/C21H23N5O2S3/c1-11-4-3-5-13(8-11)23-20-25-26-21(31-20)29-10-16(27)24-19-17(18(22)28)14-7-6-12(2)9-15(14)30-19/h3-5,8,12H,6-7,9-10H2,1-2H3,(H2,22,28)(H,23,25)(H,24,27)/t12-/m1/s1. The molecule has 0 saturated heterocycles. The van der Waals surface area contributed by atoms with Crippen molar-refractivity contribution < 1.29 is 9.59 Å². The van der Waals surface area contributed by atoms with Crippen LogP contribution in [0.15, 0.2) is 28.6 Å². The Morgan fingerprint density at radius 1 is 1.29 bits per heavy atom. The molecule has 4 N–H and O–H groups in total. The smallest absolute Gasteiger partial charge is 0.251 e. The molecular formula is C21H23N5O2S3. The number of aryl methyl sites for hydroxylation is 1. The average Bonchev–Trinajstić information content (AvgIpc) is 3.29. The maximum atomic E-state index is 12.5. The number of carbonyl (C=O) groups excluding carboxylic acids is 2. The molecule has 0 fully saturated rings. The van der Waals surface area contributed by atoms with Crippen LogP contribution in [0.1, 0.15) is 39.7 Å². The van der Waals surface area contributed by atoms with Crippen LogP contribution < -0.4 is 16.4 Å². The number of nitrogens with one attached hydrogen (secondary N) is 2. The van der Waals surface area contributed by atoms with Gasteiger partial charge in [0, 0.05) is 10.6 Å². The Labute approximate surface area is 192 Å². The molecule has 4 rings (SSSR count). The lowest BCUT2D eigenvalue weighted by Gasteiger charge is -2.18. The molecule has 1 aliphatic carbocycles. The highest BCUT2D eigenvalue weighted by Gasteiger charge is 2.27. The average molecular weight is 474 g/mol. The number of hydrogen-bond acceptors (Lipinski definition) is 8. The van der Waals surface area contributed by atoms with Crippen molar-refractivity contribution in [3.63, 3.8) is 0 Å². The van der Waals surface area contributed by atoms with E-state index < -0.39 is 5.91 Å². The van der Waals surface area contributed by atoms with Gasteiger partial charge in [0.2, 0.25) is 11.0 Å². The summed E-state index contributed by atoms with van der Waals surface area (Å²) >= 11 is 4.18. The number of carbonyl (C=O) groups is 2. The first-order valence-electron chi connectivity index (χ1n) is 9.93. The van der Waals surface area contributed by atoms with Crippen molar-refractivity contribution in [2.24, 2.45) is 11.7 Å². The first kappa shape index (κ1) is 21.8. The summed E-state index contributed by atoms with van der Waals surface area (Å²) in [7, 11) is 0. The summed E-state index contributed by atoms with van der Waals surface area (Å²) in [6, 6.07) is 7.99. The van der Waals surface area contributed by atoms with Crippen LogP contribution in [0, 0.1) is 12.8 Å². The van der Waals surface area contributed by atoms with Gasteiger partial charge in [0.05, 0.1) is 11.3 Å². The largest absolute Gasteiger partial charge is 0.365 e. The first-order valence-corrected chi connectivity index (χ1v) is 12.5. The molecular weight excluding hydrogens is 450 g/mol. The molecule has 1 aliphatic rings. The molecule has 3 aromatic rings. The molecule has 1 atom stereocenters. The van der Waals surface area contributed by atoms with Crippen LogP contribution in [0.5, 0.6) is 0 Å². The van der Waals surface area contributed by atoms with E-state index in [0.29, 0.717) is 26.0 Å². The van der Waals surface area contributed by atoms with Crippen molar-refractivity contribution in [1.29, 1.82) is 0 Å². The summed E-state index contributed by atoms with van der Waals surface area (Å²) < 4.78 is 0.694.